The number of hydrogen-bond donors (Lipinski definition) is 1. The van der Waals surface area contributed by atoms with Gasteiger partial charge in [0.1, 0.15) is 5.82 Å². The van der Waals surface area contributed by atoms with Crippen molar-refractivity contribution in [1.82, 2.24) is 5.32 Å². The van der Waals surface area contributed by atoms with Gasteiger partial charge in [-0.2, -0.15) is 0 Å². The molecule has 96 valence electrons. The van der Waals surface area contributed by atoms with Crippen LogP contribution >= 0.6 is 15.9 Å². The summed E-state index contributed by atoms with van der Waals surface area (Å²) in [6.07, 6.45) is 0. The van der Waals surface area contributed by atoms with Gasteiger partial charge in [0.05, 0.1) is 6.61 Å². The van der Waals surface area contributed by atoms with E-state index in [2.05, 4.69) is 35.1 Å². The highest BCUT2D eigenvalue weighted by molar-refractivity contribution is 9.10. The summed E-state index contributed by atoms with van der Waals surface area (Å²) in [7, 11) is 0. The molecule has 4 heteroatoms. The molecule has 0 saturated heterocycles. The predicted octanol–water partition coefficient (Wildman–Crippen LogP) is 3.35. The average Bonchev–Trinajstić information content (AvgIpc) is 2.25. The molecule has 0 radical (unpaired) electrons. The van der Waals surface area contributed by atoms with Crippen LogP contribution in [0.25, 0.3) is 0 Å². The Morgan fingerprint density at radius 2 is 2.18 bits per heavy atom. The Morgan fingerprint density at radius 1 is 1.41 bits per heavy atom. The van der Waals surface area contributed by atoms with Crippen LogP contribution in [-0.4, -0.2) is 19.8 Å². The summed E-state index contributed by atoms with van der Waals surface area (Å²) < 4.78 is 19.1. The van der Waals surface area contributed by atoms with E-state index in [9.17, 15) is 4.39 Å². The molecule has 17 heavy (non-hydrogen) atoms. The van der Waals surface area contributed by atoms with Gasteiger partial charge in [-0.05, 0) is 23.6 Å². The third kappa shape index (κ3) is 6.15. The van der Waals surface area contributed by atoms with Crippen LogP contribution < -0.4 is 5.32 Å². The third-order valence-corrected chi connectivity index (χ3v) is 2.94. The zero-order chi connectivity index (χ0) is 12.7. The molecule has 1 rings (SSSR count). The lowest BCUT2D eigenvalue weighted by Crippen LogP contribution is -2.20. The molecular weight excluding hydrogens is 285 g/mol. The number of hydrogen-bond acceptors (Lipinski definition) is 2. The molecule has 0 bridgehead atoms. The van der Waals surface area contributed by atoms with Crippen molar-refractivity contribution in [2.24, 2.45) is 5.92 Å². The Labute approximate surface area is 111 Å². The zero-order valence-electron chi connectivity index (χ0n) is 10.3. The molecule has 2 nitrogen and oxygen atoms in total. The van der Waals surface area contributed by atoms with E-state index in [1.807, 2.05) is 0 Å². The molecule has 0 unspecified atom stereocenters. The fourth-order valence-electron chi connectivity index (χ4n) is 1.35. The van der Waals surface area contributed by atoms with Gasteiger partial charge in [-0.3, -0.25) is 0 Å². The molecule has 0 saturated carbocycles. The van der Waals surface area contributed by atoms with Crippen molar-refractivity contribution in [3.05, 3.63) is 34.1 Å². The number of nitrogens with one attached hydrogen (secondary N) is 1. The first-order valence-electron chi connectivity index (χ1n) is 5.82. The van der Waals surface area contributed by atoms with Crippen molar-refractivity contribution in [3.63, 3.8) is 0 Å². The zero-order valence-corrected chi connectivity index (χ0v) is 11.9. The van der Waals surface area contributed by atoms with E-state index in [1.54, 1.807) is 6.07 Å². The van der Waals surface area contributed by atoms with Crippen LogP contribution in [0, 0.1) is 11.7 Å². The number of rotatable bonds is 7. The van der Waals surface area contributed by atoms with E-state index in [0.717, 1.165) is 23.2 Å². The Bertz CT molecular complexity index is 344. The van der Waals surface area contributed by atoms with E-state index >= 15 is 0 Å². The number of benzene rings is 1. The Kier molecular flexibility index (Phi) is 6.70. The van der Waals surface area contributed by atoms with Gasteiger partial charge in [-0.1, -0.05) is 35.8 Å². The Morgan fingerprint density at radius 3 is 2.82 bits per heavy atom. The normalized spacial score (nSPS) is 11.1. The molecule has 0 fully saturated rings. The fourth-order valence-corrected chi connectivity index (χ4v) is 1.84. The van der Waals surface area contributed by atoms with Crippen LogP contribution in [0.15, 0.2) is 22.7 Å². The van der Waals surface area contributed by atoms with Gasteiger partial charge in [0.2, 0.25) is 0 Å². The van der Waals surface area contributed by atoms with Crippen LogP contribution in [0.3, 0.4) is 0 Å². The van der Waals surface area contributed by atoms with Gasteiger partial charge in [0.25, 0.3) is 0 Å². The second kappa shape index (κ2) is 7.80. The minimum absolute atomic E-state index is 0.221. The molecule has 0 spiro atoms. The van der Waals surface area contributed by atoms with Crippen molar-refractivity contribution in [2.75, 3.05) is 19.8 Å². The van der Waals surface area contributed by atoms with Crippen molar-refractivity contribution in [3.8, 4) is 0 Å². The second-order valence-corrected chi connectivity index (χ2v) is 5.24. The SMILES string of the molecule is CC(C)COCCNCc1ccc(F)cc1Br. The summed E-state index contributed by atoms with van der Waals surface area (Å²) in [5.74, 6) is 0.349. The molecule has 1 N–H and O–H groups in total. The topological polar surface area (TPSA) is 21.3 Å². The molecule has 0 aliphatic heterocycles. The summed E-state index contributed by atoms with van der Waals surface area (Å²) >= 11 is 3.34. The van der Waals surface area contributed by atoms with Gasteiger partial charge in [-0.25, -0.2) is 4.39 Å². The van der Waals surface area contributed by atoms with E-state index in [4.69, 9.17) is 4.74 Å². The largest absolute Gasteiger partial charge is 0.380 e. The smallest absolute Gasteiger partial charge is 0.124 e. The Balaban J connectivity index is 2.18. The van der Waals surface area contributed by atoms with Gasteiger partial charge < -0.3 is 10.1 Å². The summed E-state index contributed by atoms with van der Waals surface area (Å²) in [5, 5.41) is 3.26. The first-order chi connectivity index (χ1) is 8.09. The number of halogens is 2. The van der Waals surface area contributed by atoms with Crippen LogP contribution in [0.2, 0.25) is 0 Å². The first kappa shape index (κ1) is 14.6. The summed E-state index contributed by atoms with van der Waals surface area (Å²) in [4.78, 5) is 0. The van der Waals surface area contributed by atoms with Gasteiger partial charge in [-0.15, -0.1) is 0 Å². The Hall–Kier alpha value is -0.450. The second-order valence-electron chi connectivity index (χ2n) is 4.38. The lowest BCUT2D eigenvalue weighted by Gasteiger charge is -2.09. The molecule has 0 aliphatic rings. The van der Waals surface area contributed by atoms with Crippen LogP contribution in [0.4, 0.5) is 4.39 Å². The molecule has 0 atom stereocenters. The van der Waals surface area contributed by atoms with Crippen molar-refractivity contribution in [1.29, 1.82) is 0 Å². The maximum Gasteiger partial charge on any atom is 0.124 e. The molecule has 0 heterocycles. The fraction of sp³-hybridized carbons (Fsp3) is 0.538. The summed E-state index contributed by atoms with van der Waals surface area (Å²) in [6, 6.07) is 4.73. The van der Waals surface area contributed by atoms with E-state index in [1.165, 1.54) is 12.1 Å². The molecular formula is C13H19BrFNO. The maximum atomic E-state index is 12.8. The van der Waals surface area contributed by atoms with Gasteiger partial charge in [0, 0.05) is 24.2 Å². The molecule has 0 aromatic heterocycles. The lowest BCUT2D eigenvalue weighted by molar-refractivity contribution is 0.111. The highest BCUT2D eigenvalue weighted by atomic mass is 79.9. The summed E-state index contributed by atoms with van der Waals surface area (Å²) in [5.41, 5.74) is 1.05. The minimum atomic E-state index is -0.221. The van der Waals surface area contributed by atoms with Crippen molar-refractivity contribution in [2.45, 2.75) is 20.4 Å². The van der Waals surface area contributed by atoms with Crippen molar-refractivity contribution >= 4 is 15.9 Å². The van der Waals surface area contributed by atoms with Gasteiger partial charge in [0.15, 0.2) is 0 Å². The number of ether oxygens (including phenoxy) is 1. The minimum Gasteiger partial charge on any atom is -0.380 e. The molecule has 0 aliphatic carbocycles. The standard InChI is InChI=1S/C13H19BrFNO/c1-10(2)9-17-6-5-16-8-11-3-4-12(15)7-13(11)14/h3-4,7,10,16H,5-6,8-9H2,1-2H3. The van der Waals surface area contributed by atoms with E-state index < -0.39 is 0 Å². The van der Waals surface area contributed by atoms with Crippen LogP contribution in [0.5, 0.6) is 0 Å². The average molecular weight is 304 g/mol. The monoisotopic (exact) mass is 303 g/mol. The van der Waals surface area contributed by atoms with Gasteiger partial charge >= 0.3 is 0 Å². The summed E-state index contributed by atoms with van der Waals surface area (Å²) in [6.45, 7) is 7.27. The first-order valence-corrected chi connectivity index (χ1v) is 6.61. The lowest BCUT2D eigenvalue weighted by atomic mass is 10.2. The van der Waals surface area contributed by atoms with E-state index in [-0.39, 0.29) is 5.82 Å². The predicted molar refractivity (Wildman–Crippen MR) is 71.5 cm³/mol. The maximum absolute atomic E-state index is 12.8. The highest BCUT2D eigenvalue weighted by Crippen LogP contribution is 2.17. The molecule has 1 aromatic rings. The quantitative estimate of drug-likeness (QED) is 0.780. The van der Waals surface area contributed by atoms with E-state index in [0.29, 0.717) is 19.1 Å². The molecule has 1 aromatic carbocycles. The highest BCUT2D eigenvalue weighted by Gasteiger charge is 2.01. The third-order valence-electron chi connectivity index (χ3n) is 2.20. The van der Waals surface area contributed by atoms with Crippen molar-refractivity contribution < 1.29 is 9.13 Å². The van der Waals surface area contributed by atoms with Crippen LogP contribution in [0.1, 0.15) is 19.4 Å². The molecule has 0 amide bonds. The van der Waals surface area contributed by atoms with Crippen LogP contribution in [-0.2, 0) is 11.3 Å².